The van der Waals surface area contributed by atoms with Crippen molar-refractivity contribution in [3.8, 4) is 11.5 Å². The fourth-order valence-corrected chi connectivity index (χ4v) is 2.13. The van der Waals surface area contributed by atoms with Crippen molar-refractivity contribution < 1.29 is 32.1 Å². The molecule has 0 aliphatic carbocycles. The van der Waals surface area contributed by atoms with Crippen LogP contribution in [-0.4, -0.2) is 38.7 Å². The molecule has 8 heteroatoms. The molecule has 1 rings (SSSR count). The fraction of sp³-hybridized carbons (Fsp3) is 0.600. The number of hydrogen-bond acceptors (Lipinski definition) is 4. The molecule has 2 atom stereocenters. The Kier molecular flexibility index (Phi) is 7.08. The van der Waals surface area contributed by atoms with Gasteiger partial charge in [-0.15, -0.1) is 0 Å². The Labute approximate surface area is 132 Å². The number of methoxy groups -OCH3 is 2. The second-order valence-electron chi connectivity index (χ2n) is 5.23. The first-order valence-electron chi connectivity index (χ1n) is 7.07. The Morgan fingerprint density at radius 1 is 1.17 bits per heavy atom. The Hall–Kier alpha value is -1.54. The first kappa shape index (κ1) is 19.5. The molecule has 0 aromatic heterocycles. The van der Waals surface area contributed by atoms with Crippen molar-refractivity contribution in [2.24, 2.45) is 5.92 Å². The highest BCUT2D eigenvalue weighted by Gasteiger charge is 2.42. The number of aliphatic hydroxyl groups excluding tert-OH is 1. The van der Waals surface area contributed by atoms with Crippen LogP contribution in [0.3, 0.4) is 0 Å². The summed E-state index contributed by atoms with van der Waals surface area (Å²) in [5.41, 5.74) is -0.564. The van der Waals surface area contributed by atoms with Gasteiger partial charge in [0.2, 0.25) is 0 Å². The number of ether oxygens (including phenoxy) is 2. The zero-order chi connectivity index (χ0) is 17.6. The molecule has 0 heterocycles. The fourth-order valence-electron chi connectivity index (χ4n) is 2.13. The quantitative estimate of drug-likeness (QED) is 0.715. The van der Waals surface area contributed by atoms with Crippen molar-refractivity contribution in [3.63, 3.8) is 0 Å². The summed E-state index contributed by atoms with van der Waals surface area (Å²) in [6.45, 7) is 1.56. The van der Waals surface area contributed by atoms with Crippen LogP contribution in [-0.2, 0) is 0 Å². The molecule has 0 radical (unpaired) electrons. The molecular formula is C15H21F4NO3. The van der Waals surface area contributed by atoms with Crippen LogP contribution in [0.1, 0.15) is 24.9 Å². The summed E-state index contributed by atoms with van der Waals surface area (Å²) in [6.07, 6.45) is -4.33. The first-order chi connectivity index (χ1) is 10.7. The lowest BCUT2D eigenvalue weighted by Gasteiger charge is -2.25. The van der Waals surface area contributed by atoms with Crippen molar-refractivity contribution in [1.82, 2.24) is 5.32 Å². The molecule has 0 spiro atoms. The SMILES string of the molecule is COc1cc(F)c(C(NCC(C)CCO)C(F)(F)F)cc1OC. The van der Waals surface area contributed by atoms with Gasteiger partial charge < -0.3 is 19.9 Å². The van der Waals surface area contributed by atoms with Crippen LogP contribution in [0.2, 0.25) is 0 Å². The lowest BCUT2D eigenvalue weighted by atomic mass is 10.0. The topological polar surface area (TPSA) is 50.7 Å². The van der Waals surface area contributed by atoms with Gasteiger partial charge in [0.15, 0.2) is 11.5 Å². The molecule has 2 N–H and O–H groups in total. The minimum Gasteiger partial charge on any atom is -0.493 e. The molecule has 0 fully saturated rings. The van der Waals surface area contributed by atoms with Gasteiger partial charge in [-0.1, -0.05) is 6.92 Å². The van der Waals surface area contributed by atoms with E-state index in [9.17, 15) is 17.6 Å². The van der Waals surface area contributed by atoms with Crippen LogP contribution in [0.5, 0.6) is 11.5 Å². The number of benzene rings is 1. The number of halogens is 4. The van der Waals surface area contributed by atoms with Gasteiger partial charge in [-0.25, -0.2) is 4.39 Å². The van der Waals surface area contributed by atoms with Gasteiger partial charge in [-0.2, -0.15) is 13.2 Å². The van der Waals surface area contributed by atoms with Gasteiger partial charge in [0, 0.05) is 18.2 Å². The lowest BCUT2D eigenvalue weighted by Crippen LogP contribution is -2.37. The van der Waals surface area contributed by atoms with Gasteiger partial charge in [0.05, 0.1) is 14.2 Å². The largest absolute Gasteiger partial charge is 0.493 e. The first-order valence-corrected chi connectivity index (χ1v) is 7.07. The second-order valence-corrected chi connectivity index (χ2v) is 5.23. The maximum Gasteiger partial charge on any atom is 0.408 e. The van der Waals surface area contributed by atoms with Gasteiger partial charge in [-0.3, -0.25) is 0 Å². The monoisotopic (exact) mass is 339 g/mol. The smallest absolute Gasteiger partial charge is 0.408 e. The highest BCUT2D eigenvalue weighted by molar-refractivity contribution is 5.45. The van der Waals surface area contributed by atoms with E-state index in [4.69, 9.17) is 14.6 Å². The number of aliphatic hydroxyl groups is 1. The third kappa shape index (κ3) is 5.24. The van der Waals surface area contributed by atoms with Crippen LogP contribution >= 0.6 is 0 Å². The van der Waals surface area contributed by atoms with Crippen LogP contribution in [0.4, 0.5) is 17.6 Å². The zero-order valence-corrected chi connectivity index (χ0v) is 13.2. The van der Waals surface area contributed by atoms with Crippen molar-refractivity contribution in [3.05, 3.63) is 23.5 Å². The summed E-state index contributed by atoms with van der Waals surface area (Å²) in [6, 6.07) is -0.328. The predicted molar refractivity (Wildman–Crippen MR) is 77.2 cm³/mol. The summed E-state index contributed by atoms with van der Waals surface area (Å²) in [5.74, 6) is -1.19. The molecule has 0 amide bonds. The molecule has 132 valence electrons. The predicted octanol–water partition coefficient (Wildman–Crippen LogP) is 3.05. The third-order valence-corrected chi connectivity index (χ3v) is 3.43. The van der Waals surface area contributed by atoms with Gasteiger partial charge in [0.25, 0.3) is 0 Å². The van der Waals surface area contributed by atoms with Crippen molar-refractivity contribution in [2.75, 3.05) is 27.4 Å². The number of alkyl halides is 3. The molecule has 1 aromatic carbocycles. The van der Waals surface area contributed by atoms with E-state index < -0.39 is 23.6 Å². The van der Waals surface area contributed by atoms with E-state index in [0.29, 0.717) is 6.42 Å². The average molecular weight is 339 g/mol. The van der Waals surface area contributed by atoms with E-state index in [2.05, 4.69) is 5.32 Å². The molecule has 2 unspecified atom stereocenters. The Morgan fingerprint density at radius 2 is 1.74 bits per heavy atom. The van der Waals surface area contributed by atoms with E-state index in [1.807, 2.05) is 0 Å². The highest BCUT2D eigenvalue weighted by Crippen LogP contribution is 2.38. The Morgan fingerprint density at radius 3 is 2.22 bits per heavy atom. The van der Waals surface area contributed by atoms with Gasteiger partial charge in [0.1, 0.15) is 11.9 Å². The molecular weight excluding hydrogens is 318 g/mol. The summed E-state index contributed by atoms with van der Waals surface area (Å²) in [4.78, 5) is 0. The van der Waals surface area contributed by atoms with E-state index >= 15 is 0 Å². The van der Waals surface area contributed by atoms with E-state index in [-0.39, 0.29) is 30.6 Å². The molecule has 0 saturated carbocycles. The molecule has 0 bridgehead atoms. The molecule has 23 heavy (non-hydrogen) atoms. The summed E-state index contributed by atoms with van der Waals surface area (Å²) >= 11 is 0. The Bertz CT molecular complexity index is 508. The van der Waals surface area contributed by atoms with Crippen molar-refractivity contribution >= 4 is 0 Å². The molecule has 0 aliphatic rings. The summed E-state index contributed by atoms with van der Waals surface area (Å²) < 4.78 is 63.8. The zero-order valence-electron chi connectivity index (χ0n) is 13.2. The van der Waals surface area contributed by atoms with Crippen LogP contribution < -0.4 is 14.8 Å². The number of rotatable bonds is 8. The van der Waals surface area contributed by atoms with Crippen LogP contribution in [0.25, 0.3) is 0 Å². The minimum absolute atomic E-state index is 0.0154. The van der Waals surface area contributed by atoms with Crippen LogP contribution in [0, 0.1) is 11.7 Å². The maximum absolute atomic E-state index is 14.1. The van der Waals surface area contributed by atoms with Crippen molar-refractivity contribution in [1.29, 1.82) is 0 Å². The molecule has 0 saturated heterocycles. The number of hydrogen-bond donors (Lipinski definition) is 2. The molecule has 4 nitrogen and oxygen atoms in total. The third-order valence-electron chi connectivity index (χ3n) is 3.43. The Balaban J connectivity index is 3.12. The van der Waals surface area contributed by atoms with Gasteiger partial charge in [-0.05, 0) is 24.9 Å². The standard InChI is InChI=1S/C15H21F4NO3/c1-9(4-5-21)8-20-14(15(17,18)19)10-6-12(22-2)13(23-3)7-11(10)16/h6-7,9,14,20-21H,4-5,8H2,1-3H3. The van der Waals surface area contributed by atoms with E-state index in [1.165, 1.54) is 14.2 Å². The maximum atomic E-state index is 14.1. The van der Waals surface area contributed by atoms with Gasteiger partial charge >= 0.3 is 6.18 Å². The van der Waals surface area contributed by atoms with Crippen LogP contribution in [0.15, 0.2) is 12.1 Å². The summed E-state index contributed by atoms with van der Waals surface area (Å²) in [7, 11) is 2.53. The lowest BCUT2D eigenvalue weighted by molar-refractivity contribution is -0.158. The second kappa shape index (κ2) is 8.35. The molecule has 1 aromatic rings. The van der Waals surface area contributed by atoms with E-state index in [0.717, 1.165) is 12.1 Å². The average Bonchev–Trinajstić information content (AvgIpc) is 2.47. The normalized spacial score (nSPS) is 14.4. The van der Waals surface area contributed by atoms with Crippen molar-refractivity contribution in [2.45, 2.75) is 25.6 Å². The highest BCUT2D eigenvalue weighted by atomic mass is 19.4. The summed E-state index contributed by atoms with van der Waals surface area (Å²) in [5, 5.41) is 11.1. The minimum atomic E-state index is -4.68. The number of nitrogens with one attached hydrogen (secondary N) is 1. The molecule has 0 aliphatic heterocycles. The van der Waals surface area contributed by atoms with E-state index in [1.54, 1.807) is 6.92 Å².